The summed E-state index contributed by atoms with van der Waals surface area (Å²) in [6, 6.07) is 0. The van der Waals surface area contributed by atoms with Crippen molar-refractivity contribution in [1.82, 2.24) is 10.3 Å². The summed E-state index contributed by atoms with van der Waals surface area (Å²) < 4.78 is 0. The summed E-state index contributed by atoms with van der Waals surface area (Å²) in [5, 5.41) is 13.4. The summed E-state index contributed by atoms with van der Waals surface area (Å²) in [5.74, 6) is -1.61. The smallest absolute Gasteiger partial charge is 0.328 e. The number of hydrogen-bond donors (Lipinski definition) is 3. The molecule has 0 unspecified atom stereocenters. The van der Waals surface area contributed by atoms with Crippen molar-refractivity contribution in [2.75, 3.05) is 0 Å². The predicted octanol–water partition coefficient (Wildman–Crippen LogP) is 0.195. The Morgan fingerprint density at radius 3 is 2.69 bits per heavy atom. The van der Waals surface area contributed by atoms with Crippen LogP contribution in [0.1, 0.15) is 29.3 Å². The number of carbonyl (C=O) groups excluding carboxylic acids is 1. The van der Waals surface area contributed by atoms with Crippen LogP contribution in [0.5, 0.6) is 0 Å². The third kappa shape index (κ3) is 2.77. The highest BCUT2D eigenvalue weighted by atomic mass is 32.1. The zero-order valence-electron chi connectivity index (χ0n) is 8.98. The monoisotopic (exact) mass is 243 g/mol. The maximum Gasteiger partial charge on any atom is 0.328 e. The van der Waals surface area contributed by atoms with Crippen LogP contribution in [0, 0.1) is 0 Å². The average molecular weight is 243 g/mol. The van der Waals surface area contributed by atoms with Crippen LogP contribution < -0.4 is 11.1 Å². The van der Waals surface area contributed by atoms with Crippen molar-refractivity contribution in [3.63, 3.8) is 0 Å². The van der Waals surface area contributed by atoms with Gasteiger partial charge in [0, 0.05) is 11.9 Å². The van der Waals surface area contributed by atoms with Gasteiger partial charge in [-0.3, -0.25) is 4.79 Å². The number of aromatic nitrogens is 1. The standard InChI is InChI=1S/C9H13N3O3S/c1-9(2,8(14)15)12-7(13)5-4-16-6(3-10)11-5/h4H,3,10H2,1-2H3,(H,12,13)(H,14,15). The molecule has 0 atom stereocenters. The summed E-state index contributed by atoms with van der Waals surface area (Å²) in [5.41, 5.74) is 4.24. The summed E-state index contributed by atoms with van der Waals surface area (Å²) in [6.07, 6.45) is 0. The van der Waals surface area contributed by atoms with E-state index in [1.54, 1.807) is 5.38 Å². The maximum absolute atomic E-state index is 11.6. The fraction of sp³-hybridized carbons (Fsp3) is 0.444. The lowest BCUT2D eigenvalue weighted by atomic mass is 10.1. The number of nitrogens with one attached hydrogen (secondary N) is 1. The van der Waals surface area contributed by atoms with Crippen LogP contribution >= 0.6 is 11.3 Å². The van der Waals surface area contributed by atoms with Gasteiger partial charge in [-0.05, 0) is 13.8 Å². The van der Waals surface area contributed by atoms with E-state index in [2.05, 4.69) is 10.3 Å². The lowest BCUT2D eigenvalue weighted by molar-refractivity contribution is -0.143. The molecular weight excluding hydrogens is 230 g/mol. The highest BCUT2D eigenvalue weighted by molar-refractivity contribution is 7.09. The van der Waals surface area contributed by atoms with E-state index >= 15 is 0 Å². The van der Waals surface area contributed by atoms with E-state index in [1.807, 2.05) is 0 Å². The zero-order valence-corrected chi connectivity index (χ0v) is 9.80. The predicted molar refractivity (Wildman–Crippen MR) is 59.2 cm³/mol. The topological polar surface area (TPSA) is 105 Å². The number of nitrogens with zero attached hydrogens (tertiary/aromatic N) is 1. The number of amides is 1. The molecule has 4 N–H and O–H groups in total. The first kappa shape index (κ1) is 12.6. The Balaban J connectivity index is 2.76. The van der Waals surface area contributed by atoms with Crippen LogP contribution in [0.25, 0.3) is 0 Å². The Bertz CT molecular complexity index is 414. The highest BCUT2D eigenvalue weighted by Gasteiger charge is 2.29. The van der Waals surface area contributed by atoms with Gasteiger partial charge in [0.05, 0.1) is 0 Å². The summed E-state index contributed by atoms with van der Waals surface area (Å²) >= 11 is 1.27. The van der Waals surface area contributed by atoms with E-state index < -0.39 is 17.4 Å². The minimum Gasteiger partial charge on any atom is -0.480 e. The molecule has 0 saturated carbocycles. The van der Waals surface area contributed by atoms with Crippen LogP contribution in [0.3, 0.4) is 0 Å². The van der Waals surface area contributed by atoms with Crippen molar-refractivity contribution in [3.05, 3.63) is 16.1 Å². The van der Waals surface area contributed by atoms with Gasteiger partial charge in [-0.2, -0.15) is 0 Å². The Kier molecular flexibility index (Phi) is 3.61. The van der Waals surface area contributed by atoms with Crippen LogP contribution in [0.15, 0.2) is 5.38 Å². The molecular formula is C9H13N3O3S. The van der Waals surface area contributed by atoms with Crippen molar-refractivity contribution in [1.29, 1.82) is 0 Å². The molecule has 0 aliphatic rings. The minimum atomic E-state index is -1.32. The van der Waals surface area contributed by atoms with E-state index in [1.165, 1.54) is 25.2 Å². The van der Waals surface area contributed by atoms with Crippen molar-refractivity contribution < 1.29 is 14.7 Å². The highest BCUT2D eigenvalue weighted by Crippen LogP contribution is 2.10. The normalized spacial score (nSPS) is 11.2. The van der Waals surface area contributed by atoms with Gasteiger partial charge in [0.25, 0.3) is 5.91 Å². The molecule has 1 aromatic rings. The van der Waals surface area contributed by atoms with Gasteiger partial charge < -0.3 is 16.2 Å². The Morgan fingerprint density at radius 2 is 2.25 bits per heavy atom. The molecule has 1 aromatic heterocycles. The molecule has 0 aromatic carbocycles. The molecule has 88 valence electrons. The molecule has 1 amide bonds. The van der Waals surface area contributed by atoms with Gasteiger partial charge >= 0.3 is 5.97 Å². The number of carboxylic acid groups (broad SMARTS) is 1. The van der Waals surface area contributed by atoms with Crippen LogP contribution in [0.2, 0.25) is 0 Å². The molecule has 1 rings (SSSR count). The lowest BCUT2D eigenvalue weighted by Crippen LogP contribution is -2.49. The summed E-state index contributed by atoms with van der Waals surface area (Å²) in [4.78, 5) is 26.4. The molecule has 0 aliphatic carbocycles. The number of aliphatic carboxylic acids is 1. The Hall–Kier alpha value is -1.47. The minimum absolute atomic E-state index is 0.194. The fourth-order valence-corrected chi connectivity index (χ4v) is 1.56. The van der Waals surface area contributed by atoms with E-state index in [0.29, 0.717) is 5.01 Å². The molecule has 0 aliphatic heterocycles. The van der Waals surface area contributed by atoms with Crippen molar-refractivity contribution in [2.45, 2.75) is 25.9 Å². The van der Waals surface area contributed by atoms with E-state index in [9.17, 15) is 9.59 Å². The van der Waals surface area contributed by atoms with Gasteiger partial charge in [-0.15, -0.1) is 11.3 Å². The number of thiazole rings is 1. The van der Waals surface area contributed by atoms with Gasteiger partial charge in [-0.1, -0.05) is 0 Å². The third-order valence-corrected chi connectivity index (χ3v) is 2.79. The summed E-state index contributed by atoms with van der Waals surface area (Å²) in [7, 11) is 0. The van der Waals surface area contributed by atoms with Gasteiger partial charge in [0.1, 0.15) is 16.2 Å². The number of nitrogens with two attached hydrogens (primary N) is 1. The summed E-state index contributed by atoms with van der Waals surface area (Å²) in [6.45, 7) is 3.08. The maximum atomic E-state index is 11.6. The molecule has 1 heterocycles. The first-order chi connectivity index (χ1) is 7.36. The van der Waals surface area contributed by atoms with Gasteiger partial charge in [0.15, 0.2) is 0 Å². The third-order valence-electron chi connectivity index (χ3n) is 1.92. The molecule has 7 heteroatoms. The molecule has 0 spiro atoms. The van der Waals surface area contributed by atoms with Crippen LogP contribution in [-0.2, 0) is 11.3 Å². The fourth-order valence-electron chi connectivity index (χ4n) is 0.910. The second kappa shape index (κ2) is 4.58. The number of hydrogen-bond acceptors (Lipinski definition) is 5. The van der Waals surface area contributed by atoms with Crippen molar-refractivity contribution >= 4 is 23.2 Å². The van der Waals surface area contributed by atoms with Crippen LogP contribution in [-0.4, -0.2) is 27.5 Å². The first-order valence-corrected chi connectivity index (χ1v) is 5.45. The molecule has 0 fully saturated rings. The van der Waals surface area contributed by atoms with Gasteiger partial charge in [-0.25, -0.2) is 9.78 Å². The Labute approximate surface area is 96.5 Å². The number of rotatable bonds is 4. The lowest BCUT2D eigenvalue weighted by Gasteiger charge is -2.20. The molecule has 0 radical (unpaired) electrons. The van der Waals surface area contributed by atoms with Gasteiger partial charge in [0.2, 0.25) is 0 Å². The largest absolute Gasteiger partial charge is 0.480 e. The van der Waals surface area contributed by atoms with Crippen molar-refractivity contribution in [2.24, 2.45) is 5.73 Å². The van der Waals surface area contributed by atoms with Crippen molar-refractivity contribution in [3.8, 4) is 0 Å². The Morgan fingerprint density at radius 1 is 1.62 bits per heavy atom. The molecule has 0 bridgehead atoms. The average Bonchev–Trinajstić information content (AvgIpc) is 2.64. The van der Waals surface area contributed by atoms with E-state index in [4.69, 9.17) is 10.8 Å². The SMILES string of the molecule is CC(C)(NC(=O)c1csc(CN)n1)C(=O)O. The second-order valence-electron chi connectivity index (χ2n) is 3.71. The number of carbonyl (C=O) groups is 2. The molecule has 0 saturated heterocycles. The zero-order chi connectivity index (χ0) is 12.3. The second-order valence-corrected chi connectivity index (χ2v) is 4.66. The van der Waals surface area contributed by atoms with Crippen LogP contribution in [0.4, 0.5) is 0 Å². The molecule has 16 heavy (non-hydrogen) atoms. The molecule has 6 nitrogen and oxygen atoms in total. The van der Waals surface area contributed by atoms with E-state index in [-0.39, 0.29) is 12.2 Å². The number of carboxylic acids is 1. The first-order valence-electron chi connectivity index (χ1n) is 4.57. The quantitative estimate of drug-likeness (QED) is 0.700. The van der Waals surface area contributed by atoms with E-state index in [0.717, 1.165) is 0 Å².